The predicted octanol–water partition coefficient (Wildman–Crippen LogP) is 1.63. The summed E-state index contributed by atoms with van der Waals surface area (Å²) in [5.41, 5.74) is 1.67. The highest BCUT2D eigenvalue weighted by molar-refractivity contribution is 5.89. The zero-order chi connectivity index (χ0) is 12.5. The number of aromatic nitrogens is 4. The number of anilines is 1. The fourth-order valence-electron chi connectivity index (χ4n) is 1.89. The maximum absolute atomic E-state index is 11.0. The highest BCUT2D eigenvalue weighted by Gasteiger charge is 2.28. The second-order valence-electron chi connectivity index (χ2n) is 4.44. The van der Waals surface area contributed by atoms with Gasteiger partial charge in [-0.05, 0) is 35.4 Å². The number of carbonyl (C=O) groups is 1. The Balaban J connectivity index is 1.95. The van der Waals surface area contributed by atoms with Crippen LogP contribution in [-0.4, -0.2) is 26.1 Å². The summed E-state index contributed by atoms with van der Waals surface area (Å²) >= 11 is 0. The van der Waals surface area contributed by atoms with Crippen molar-refractivity contribution in [3.05, 3.63) is 24.3 Å². The second-order valence-corrected chi connectivity index (χ2v) is 4.44. The van der Waals surface area contributed by atoms with E-state index >= 15 is 0 Å². The molecule has 6 heteroatoms. The van der Waals surface area contributed by atoms with E-state index in [1.165, 1.54) is 6.92 Å². The molecule has 0 atom stereocenters. The lowest BCUT2D eigenvalue weighted by Crippen LogP contribution is -2.06. The van der Waals surface area contributed by atoms with Gasteiger partial charge in [0.25, 0.3) is 0 Å². The van der Waals surface area contributed by atoms with Gasteiger partial charge in [0.2, 0.25) is 5.91 Å². The van der Waals surface area contributed by atoms with Gasteiger partial charge in [0.15, 0.2) is 5.82 Å². The largest absolute Gasteiger partial charge is 0.326 e. The number of nitrogens with one attached hydrogen (secondary N) is 1. The average Bonchev–Trinajstić information content (AvgIpc) is 3.06. The molecule has 18 heavy (non-hydrogen) atoms. The van der Waals surface area contributed by atoms with Gasteiger partial charge in [-0.15, -0.1) is 5.10 Å². The number of nitrogens with zero attached hydrogens (tertiary/aromatic N) is 4. The molecule has 0 radical (unpaired) electrons. The molecule has 2 aromatic rings. The Morgan fingerprint density at radius 1 is 1.44 bits per heavy atom. The van der Waals surface area contributed by atoms with E-state index in [1.54, 1.807) is 0 Å². The maximum Gasteiger partial charge on any atom is 0.221 e. The Bertz CT molecular complexity index is 588. The van der Waals surface area contributed by atoms with Gasteiger partial charge in [-0.25, -0.2) is 4.68 Å². The second kappa shape index (κ2) is 4.21. The number of amides is 1. The highest BCUT2D eigenvalue weighted by atomic mass is 16.1. The zero-order valence-corrected chi connectivity index (χ0v) is 10.00. The minimum absolute atomic E-state index is 0.0889. The molecule has 1 aliphatic rings. The van der Waals surface area contributed by atoms with E-state index in [4.69, 9.17) is 0 Å². The van der Waals surface area contributed by atoms with Crippen molar-refractivity contribution in [2.75, 3.05) is 5.32 Å². The fourth-order valence-corrected chi connectivity index (χ4v) is 1.89. The molecule has 1 fully saturated rings. The van der Waals surface area contributed by atoms with Crippen molar-refractivity contribution in [2.45, 2.75) is 25.8 Å². The molecule has 1 heterocycles. The van der Waals surface area contributed by atoms with Crippen LogP contribution < -0.4 is 5.32 Å². The molecule has 1 aliphatic carbocycles. The van der Waals surface area contributed by atoms with Crippen LogP contribution in [0.1, 0.15) is 25.8 Å². The van der Waals surface area contributed by atoms with Gasteiger partial charge in [-0.2, -0.15) is 0 Å². The quantitative estimate of drug-likeness (QED) is 0.889. The number of tetrazole rings is 1. The van der Waals surface area contributed by atoms with Crippen molar-refractivity contribution < 1.29 is 4.79 Å². The van der Waals surface area contributed by atoms with E-state index < -0.39 is 0 Å². The first-order valence-corrected chi connectivity index (χ1v) is 5.90. The summed E-state index contributed by atoms with van der Waals surface area (Å²) in [6.07, 6.45) is 2.26. The summed E-state index contributed by atoms with van der Waals surface area (Å²) < 4.78 is 1.85. The van der Waals surface area contributed by atoms with Crippen LogP contribution in [-0.2, 0) is 4.79 Å². The molecule has 1 amide bonds. The topological polar surface area (TPSA) is 72.7 Å². The Hall–Kier alpha value is -2.24. The molecule has 92 valence electrons. The number of hydrogen-bond acceptors (Lipinski definition) is 4. The third-order valence-corrected chi connectivity index (χ3v) is 2.83. The Morgan fingerprint density at radius 3 is 3.00 bits per heavy atom. The van der Waals surface area contributed by atoms with Crippen LogP contribution >= 0.6 is 0 Å². The van der Waals surface area contributed by atoms with Crippen LogP contribution in [0.3, 0.4) is 0 Å². The van der Waals surface area contributed by atoms with Gasteiger partial charge < -0.3 is 5.32 Å². The molecule has 0 unspecified atom stereocenters. The van der Waals surface area contributed by atoms with Crippen LogP contribution in [0.5, 0.6) is 0 Å². The van der Waals surface area contributed by atoms with E-state index in [9.17, 15) is 4.79 Å². The van der Waals surface area contributed by atoms with Crippen molar-refractivity contribution >= 4 is 11.6 Å². The average molecular weight is 243 g/mol. The molecule has 0 saturated heterocycles. The molecule has 0 bridgehead atoms. The standard InChI is InChI=1S/C12H13N5O/c1-8(18)13-10-4-2-3-9(7-10)12-14-15-16-17(12)11-5-6-11/h2-4,7,11H,5-6H2,1H3,(H,13,18). The van der Waals surface area contributed by atoms with Gasteiger partial charge in [0.1, 0.15) is 0 Å². The van der Waals surface area contributed by atoms with Crippen molar-refractivity contribution in [1.29, 1.82) is 0 Å². The first-order valence-electron chi connectivity index (χ1n) is 5.90. The van der Waals surface area contributed by atoms with Crippen LogP contribution in [0, 0.1) is 0 Å². The van der Waals surface area contributed by atoms with Crippen molar-refractivity contribution in [1.82, 2.24) is 20.2 Å². The molecule has 0 aliphatic heterocycles. The highest BCUT2D eigenvalue weighted by Crippen LogP contribution is 2.36. The number of hydrogen-bond donors (Lipinski definition) is 1. The zero-order valence-electron chi connectivity index (χ0n) is 10.00. The number of rotatable bonds is 3. The lowest BCUT2D eigenvalue weighted by atomic mass is 10.2. The van der Waals surface area contributed by atoms with Gasteiger partial charge in [-0.1, -0.05) is 12.1 Å². The van der Waals surface area contributed by atoms with E-state index in [2.05, 4.69) is 20.8 Å². The number of benzene rings is 1. The van der Waals surface area contributed by atoms with E-state index in [1.807, 2.05) is 28.9 Å². The molecule has 1 aromatic carbocycles. The lowest BCUT2D eigenvalue weighted by Gasteiger charge is -2.05. The minimum Gasteiger partial charge on any atom is -0.326 e. The summed E-state index contributed by atoms with van der Waals surface area (Å²) in [6, 6.07) is 7.98. The molecular formula is C12H13N5O. The van der Waals surface area contributed by atoms with Crippen LogP contribution in [0.4, 0.5) is 5.69 Å². The molecule has 1 aromatic heterocycles. The molecule has 1 saturated carbocycles. The van der Waals surface area contributed by atoms with E-state index in [0.29, 0.717) is 6.04 Å². The van der Waals surface area contributed by atoms with Crippen LogP contribution in [0.25, 0.3) is 11.4 Å². The van der Waals surface area contributed by atoms with Crippen molar-refractivity contribution in [3.63, 3.8) is 0 Å². The summed E-state index contributed by atoms with van der Waals surface area (Å²) in [7, 11) is 0. The van der Waals surface area contributed by atoms with Gasteiger partial charge in [-0.3, -0.25) is 4.79 Å². The molecule has 1 N–H and O–H groups in total. The first-order chi connectivity index (χ1) is 8.74. The smallest absolute Gasteiger partial charge is 0.221 e. The normalized spacial score (nSPS) is 14.5. The lowest BCUT2D eigenvalue weighted by molar-refractivity contribution is -0.114. The Kier molecular flexibility index (Phi) is 2.55. The Morgan fingerprint density at radius 2 is 2.28 bits per heavy atom. The number of carbonyl (C=O) groups excluding carboxylic acids is 1. The summed E-state index contributed by atoms with van der Waals surface area (Å²) in [5.74, 6) is 0.665. The molecule has 3 rings (SSSR count). The molecular weight excluding hydrogens is 230 g/mol. The monoisotopic (exact) mass is 243 g/mol. The van der Waals surface area contributed by atoms with Crippen LogP contribution in [0.2, 0.25) is 0 Å². The summed E-state index contributed by atoms with van der Waals surface area (Å²) in [5, 5.41) is 14.6. The minimum atomic E-state index is -0.0889. The Labute approximate surface area is 104 Å². The van der Waals surface area contributed by atoms with E-state index in [-0.39, 0.29) is 5.91 Å². The SMILES string of the molecule is CC(=O)Nc1cccc(-c2nnnn2C2CC2)c1. The molecule has 6 nitrogen and oxygen atoms in total. The summed E-state index contributed by atoms with van der Waals surface area (Å²) in [6.45, 7) is 1.49. The molecule has 0 spiro atoms. The third kappa shape index (κ3) is 2.09. The fraction of sp³-hybridized carbons (Fsp3) is 0.333. The summed E-state index contributed by atoms with van der Waals surface area (Å²) in [4.78, 5) is 11.0. The van der Waals surface area contributed by atoms with Crippen LogP contribution in [0.15, 0.2) is 24.3 Å². The van der Waals surface area contributed by atoms with Gasteiger partial charge >= 0.3 is 0 Å². The van der Waals surface area contributed by atoms with E-state index in [0.717, 1.165) is 29.9 Å². The van der Waals surface area contributed by atoms with Crippen molar-refractivity contribution in [2.24, 2.45) is 0 Å². The van der Waals surface area contributed by atoms with Gasteiger partial charge in [0, 0.05) is 18.2 Å². The van der Waals surface area contributed by atoms with Gasteiger partial charge in [0.05, 0.1) is 6.04 Å². The first kappa shape index (κ1) is 10.9. The third-order valence-electron chi connectivity index (χ3n) is 2.83. The maximum atomic E-state index is 11.0. The predicted molar refractivity (Wildman–Crippen MR) is 65.8 cm³/mol. The van der Waals surface area contributed by atoms with Crippen molar-refractivity contribution in [3.8, 4) is 11.4 Å².